The lowest BCUT2D eigenvalue weighted by atomic mass is 9.97. The maximum absolute atomic E-state index is 11.3. The molecule has 0 N–H and O–H groups in total. The van der Waals surface area contributed by atoms with E-state index in [1.54, 1.807) is 0 Å². The van der Waals surface area contributed by atoms with Crippen LogP contribution in [-0.4, -0.2) is 13.1 Å². The molecule has 0 fully saturated rings. The Morgan fingerprint density at radius 1 is 0.818 bits per heavy atom. The number of carbonyl (C=O) groups is 1. The van der Waals surface area contributed by atoms with E-state index in [-0.39, 0.29) is 5.97 Å². The molecule has 1 aromatic heterocycles. The van der Waals surface area contributed by atoms with E-state index in [9.17, 15) is 4.79 Å². The zero-order valence-corrected chi connectivity index (χ0v) is 18.5. The third-order valence-corrected chi connectivity index (χ3v) is 5.85. The van der Waals surface area contributed by atoms with Crippen molar-refractivity contribution in [2.24, 2.45) is 0 Å². The van der Waals surface area contributed by atoms with Crippen LogP contribution < -0.4 is 0 Å². The first-order valence-corrected chi connectivity index (χ1v) is 11.1. The van der Waals surface area contributed by atoms with Crippen LogP contribution in [0.2, 0.25) is 0 Å². The van der Waals surface area contributed by atoms with E-state index in [0.29, 0.717) is 12.8 Å². The van der Waals surface area contributed by atoms with Crippen LogP contribution in [0.5, 0.6) is 0 Å². The summed E-state index contributed by atoms with van der Waals surface area (Å²) in [6, 6.07) is 31.4. The number of carbonyl (C=O) groups excluding carboxylic acids is 1. The first-order chi connectivity index (χ1) is 16.2. The number of esters is 1. The van der Waals surface area contributed by atoms with Gasteiger partial charge in [0.05, 0.1) is 7.11 Å². The molecule has 162 valence electrons. The van der Waals surface area contributed by atoms with Crippen LogP contribution in [0.15, 0.2) is 101 Å². The largest absolute Gasteiger partial charge is 0.469 e. The van der Waals surface area contributed by atoms with Gasteiger partial charge in [-0.3, -0.25) is 4.79 Å². The zero-order chi connectivity index (χ0) is 22.6. The van der Waals surface area contributed by atoms with Crippen molar-refractivity contribution in [2.75, 3.05) is 7.11 Å². The lowest BCUT2D eigenvalue weighted by molar-refractivity contribution is -0.140. The molecule has 0 bridgehead atoms. The summed E-state index contributed by atoms with van der Waals surface area (Å²) in [5, 5.41) is 2.27. The van der Waals surface area contributed by atoms with E-state index in [2.05, 4.69) is 72.8 Å². The van der Waals surface area contributed by atoms with Crippen molar-refractivity contribution in [3.8, 4) is 22.3 Å². The summed E-state index contributed by atoms with van der Waals surface area (Å²) in [6.07, 6.45) is 5.11. The van der Waals surface area contributed by atoms with E-state index in [1.807, 2.05) is 30.4 Å². The Morgan fingerprint density at radius 2 is 1.55 bits per heavy atom. The van der Waals surface area contributed by atoms with Crippen molar-refractivity contribution in [3.63, 3.8) is 0 Å². The van der Waals surface area contributed by atoms with E-state index in [4.69, 9.17) is 9.15 Å². The number of methoxy groups -OCH3 is 1. The Balaban J connectivity index is 1.47. The number of para-hydroxylation sites is 2. The molecular formula is C30H24O3. The van der Waals surface area contributed by atoms with Gasteiger partial charge >= 0.3 is 5.97 Å². The van der Waals surface area contributed by atoms with Gasteiger partial charge in [0.1, 0.15) is 11.2 Å². The van der Waals surface area contributed by atoms with E-state index >= 15 is 0 Å². The molecule has 0 spiro atoms. The minimum atomic E-state index is -0.190. The molecule has 0 radical (unpaired) electrons. The van der Waals surface area contributed by atoms with Gasteiger partial charge in [0.15, 0.2) is 0 Å². The highest BCUT2D eigenvalue weighted by Gasteiger charge is 2.12. The van der Waals surface area contributed by atoms with Gasteiger partial charge < -0.3 is 9.15 Å². The number of allylic oxidation sites excluding steroid dienone is 1. The van der Waals surface area contributed by atoms with Crippen LogP contribution in [-0.2, 0) is 9.53 Å². The molecule has 1 heterocycles. The van der Waals surface area contributed by atoms with Crippen LogP contribution in [0.1, 0.15) is 18.4 Å². The summed E-state index contributed by atoms with van der Waals surface area (Å²) < 4.78 is 10.9. The number of hydrogen-bond acceptors (Lipinski definition) is 3. The highest BCUT2D eigenvalue weighted by molar-refractivity contribution is 6.09. The summed E-state index contributed by atoms with van der Waals surface area (Å²) in [5.41, 5.74) is 7.41. The third-order valence-electron chi connectivity index (χ3n) is 5.85. The fourth-order valence-electron chi connectivity index (χ4n) is 4.19. The number of ether oxygens (including phenoxy) is 1. The molecule has 0 aliphatic rings. The molecule has 0 aliphatic heterocycles. The highest BCUT2D eigenvalue weighted by atomic mass is 16.5. The van der Waals surface area contributed by atoms with Crippen molar-refractivity contribution in [3.05, 3.63) is 103 Å². The van der Waals surface area contributed by atoms with Gasteiger partial charge in [0, 0.05) is 22.8 Å². The van der Waals surface area contributed by atoms with Crippen LogP contribution in [0, 0.1) is 0 Å². The molecule has 5 aromatic rings. The quantitative estimate of drug-likeness (QED) is 0.256. The molecule has 3 heteroatoms. The molecule has 0 saturated heterocycles. The second-order valence-corrected chi connectivity index (χ2v) is 8.00. The average molecular weight is 433 g/mol. The van der Waals surface area contributed by atoms with Gasteiger partial charge in [0.2, 0.25) is 0 Å². The van der Waals surface area contributed by atoms with E-state index in [0.717, 1.165) is 49.8 Å². The summed E-state index contributed by atoms with van der Waals surface area (Å²) in [5.74, 6) is -0.190. The van der Waals surface area contributed by atoms with Crippen LogP contribution in [0.3, 0.4) is 0 Å². The molecule has 3 nitrogen and oxygen atoms in total. The summed E-state index contributed by atoms with van der Waals surface area (Å²) in [4.78, 5) is 11.3. The minimum Gasteiger partial charge on any atom is -0.469 e. The fourth-order valence-corrected chi connectivity index (χ4v) is 4.19. The second-order valence-electron chi connectivity index (χ2n) is 8.00. The summed E-state index contributed by atoms with van der Waals surface area (Å²) in [6.45, 7) is 0. The molecule has 0 unspecified atom stereocenters. The Morgan fingerprint density at radius 3 is 2.42 bits per heavy atom. The number of fused-ring (bicyclic) bond motifs is 3. The van der Waals surface area contributed by atoms with Crippen molar-refractivity contribution in [2.45, 2.75) is 12.8 Å². The van der Waals surface area contributed by atoms with Crippen molar-refractivity contribution >= 4 is 34.0 Å². The Bertz CT molecular complexity index is 1470. The first-order valence-electron chi connectivity index (χ1n) is 11.1. The summed E-state index contributed by atoms with van der Waals surface area (Å²) in [7, 11) is 1.41. The fraction of sp³-hybridized carbons (Fsp3) is 0.100. The molecule has 5 rings (SSSR count). The first kappa shape index (κ1) is 20.8. The Kier molecular flexibility index (Phi) is 5.77. The summed E-state index contributed by atoms with van der Waals surface area (Å²) >= 11 is 0. The number of rotatable bonds is 6. The Hall–Kier alpha value is -4.11. The average Bonchev–Trinajstić information content (AvgIpc) is 3.25. The minimum absolute atomic E-state index is 0.190. The monoisotopic (exact) mass is 432 g/mol. The van der Waals surface area contributed by atoms with Gasteiger partial charge in [-0.2, -0.15) is 0 Å². The maximum Gasteiger partial charge on any atom is 0.305 e. The number of benzene rings is 4. The van der Waals surface area contributed by atoms with Gasteiger partial charge in [-0.15, -0.1) is 0 Å². The zero-order valence-electron chi connectivity index (χ0n) is 18.5. The standard InChI is InChI=1S/C30H24O3/c1-32-29(31)18-5-2-9-21-10-6-11-22(19-21)23-12-7-13-24(20-23)25-15-8-16-27-26-14-3-4-17-28(26)33-30(25)27/h2-4,6-17,19-20H,5,18H2,1H3/b9-2+. The number of furan rings is 1. The molecule has 33 heavy (non-hydrogen) atoms. The molecule has 0 aliphatic carbocycles. The molecular weight excluding hydrogens is 408 g/mol. The van der Waals surface area contributed by atoms with Crippen molar-refractivity contribution < 1.29 is 13.9 Å². The van der Waals surface area contributed by atoms with Gasteiger partial charge in [0.25, 0.3) is 0 Å². The van der Waals surface area contributed by atoms with Crippen LogP contribution in [0.25, 0.3) is 50.3 Å². The normalized spacial score (nSPS) is 11.4. The van der Waals surface area contributed by atoms with Crippen molar-refractivity contribution in [1.82, 2.24) is 0 Å². The highest BCUT2D eigenvalue weighted by Crippen LogP contribution is 2.36. The molecule has 0 atom stereocenters. The SMILES string of the molecule is COC(=O)CC/C=C/c1cccc(-c2cccc(-c3cccc4c3oc3ccccc34)c2)c1. The molecule has 0 amide bonds. The topological polar surface area (TPSA) is 39.4 Å². The smallest absolute Gasteiger partial charge is 0.305 e. The van der Waals surface area contributed by atoms with Crippen LogP contribution >= 0.6 is 0 Å². The van der Waals surface area contributed by atoms with Gasteiger partial charge in [-0.05, 0) is 46.9 Å². The number of hydrogen-bond donors (Lipinski definition) is 0. The predicted molar refractivity (Wildman–Crippen MR) is 135 cm³/mol. The van der Waals surface area contributed by atoms with E-state index < -0.39 is 0 Å². The van der Waals surface area contributed by atoms with E-state index in [1.165, 1.54) is 7.11 Å². The van der Waals surface area contributed by atoms with Crippen molar-refractivity contribution in [1.29, 1.82) is 0 Å². The maximum atomic E-state index is 11.3. The van der Waals surface area contributed by atoms with Gasteiger partial charge in [-0.25, -0.2) is 0 Å². The Labute approximate surface area is 192 Å². The predicted octanol–water partition coefficient (Wildman–Crippen LogP) is 7.89. The molecule has 4 aromatic carbocycles. The van der Waals surface area contributed by atoms with Crippen LogP contribution in [0.4, 0.5) is 0 Å². The third kappa shape index (κ3) is 4.31. The second kappa shape index (κ2) is 9.17. The molecule has 0 saturated carbocycles. The lowest BCUT2D eigenvalue weighted by Gasteiger charge is -2.08. The van der Waals surface area contributed by atoms with Gasteiger partial charge in [-0.1, -0.05) is 84.9 Å². The lowest BCUT2D eigenvalue weighted by Crippen LogP contribution is -1.97.